The van der Waals surface area contributed by atoms with Gasteiger partial charge in [-0.2, -0.15) is 17.5 Å². The molecule has 10 heteroatoms. The molecule has 0 unspecified atom stereocenters. The number of alkyl halides is 3. The number of sulfonamides is 1. The van der Waals surface area contributed by atoms with E-state index in [2.05, 4.69) is 5.32 Å². The highest BCUT2D eigenvalue weighted by atomic mass is 32.2. The van der Waals surface area contributed by atoms with Gasteiger partial charge in [0.05, 0.1) is 10.5 Å². The lowest BCUT2D eigenvalue weighted by molar-refractivity contribution is -0.137. The second-order valence-electron chi connectivity index (χ2n) is 6.77. The van der Waals surface area contributed by atoms with Gasteiger partial charge in [-0.25, -0.2) is 8.42 Å². The molecule has 1 amide bonds. The third-order valence-electron chi connectivity index (χ3n) is 4.64. The summed E-state index contributed by atoms with van der Waals surface area (Å²) in [5.74, 6) is -0.695. The van der Waals surface area contributed by atoms with Gasteiger partial charge in [0.25, 0.3) is 5.91 Å². The van der Waals surface area contributed by atoms with Crippen molar-refractivity contribution in [1.82, 2.24) is 9.21 Å². The van der Waals surface area contributed by atoms with E-state index in [1.807, 2.05) is 11.9 Å². The highest BCUT2D eigenvalue weighted by molar-refractivity contribution is 7.89. The van der Waals surface area contributed by atoms with Crippen molar-refractivity contribution in [3.8, 4) is 0 Å². The molecule has 1 heterocycles. The predicted octanol–water partition coefficient (Wildman–Crippen LogP) is 2.89. The van der Waals surface area contributed by atoms with Crippen LogP contribution in [0.15, 0.2) is 53.4 Å². The Morgan fingerprint density at radius 2 is 1.66 bits per heavy atom. The van der Waals surface area contributed by atoms with Crippen LogP contribution in [0, 0.1) is 0 Å². The van der Waals surface area contributed by atoms with Gasteiger partial charge in [0, 0.05) is 37.4 Å². The lowest BCUT2D eigenvalue weighted by Crippen LogP contribution is -2.47. The first-order chi connectivity index (χ1) is 13.6. The molecular formula is C19H20F3N3O3S. The molecule has 0 radical (unpaired) electrons. The second-order valence-corrected chi connectivity index (χ2v) is 8.71. The topological polar surface area (TPSA) is 69.7 Å². The number of hydrogen-bond donors (Lipinski definition) is 1. The molecule has 1 fully saturated rings. The van der Waals surface area contributed by atoms with Gasteiger partial charge in [-0.05, 0) is 43.4 Å². The van der Waals surface area contributed by atoms with E-state index < -0.39 is 27.7 Å². The van der Waals surface area contributed by atoms with E-state index in [0.717, 1.165) is 12.1 Å². The Labute approximate surface area is 167 Å². The summed E-state index contributed by atoms with van der Waals surface area (Å²) in [4.78, 5) is 14.5. The summed E-state index contributed by atoms with van der Waals surface area (Å²) in [6, 6.07) is 9.72. The Balaban J connectivity index is 1.80. The van der Waals surface area contributed by atoms with Crippen LogP contribution in [0.5, 0.6) is 0 Å². The summed E-state index contributed by atoms with van der Waals surface area (Å²) >= 11 is 0. The average molecular weight is 427 g/mol. The number of halogens is 3. The highest BCUT2D eigenvalue weighted by Gasteiger charge is 2.31. The number of anilines is 1. The van der Waals surface area contributed by atoms with E-state index >= 15 is 0 Å². The van der Waals surface area contributed by atoms with Gasteiger partial charge >= 0.3 is 6.18 Å². The van der Waals surface area contributed by atoms with E-state index in [1.54, 1.807) is 0 Å². The minimum atomic E-state index is -4.53. The number of nitrogens with one attached hydrogen (secondary N) is 1. The lowest BCUT2D eigenvalue weighted by Gasteiger charge is -2.31. The molecule has 3 rings (SSSR count). The first-order valence-electron chi connectivity index (χ1n) is 8.85. The molecule has 1 aliphatic rings. The number of hydrogen-bond acceptors (Lipinski definition) is 4. The maximum atomic E-state index is 12.8. The van der Waals surface area contributed by atoms with Crippen LogP contribution in [0.25, 0.3) is 0 Å². The molecule has 2 aromatic rings. The summed E-state index contributed by atoms with van der Waals surface area (Å²) in [6.07, 6.45) is -4.53. The molecule has 6 nitrogen and oxygen atoms in total. The number of likely N-dealkylation sites (N-methyl/N-ethyl adjacent to an activating group) is 1. The first-order valence-corrected chi connectivity index (χ1v) is 10.3. The van der Waals surface area contributed by atoms with Crippen molar-refractivity contribution in [3.63, 3.8) is 0 Å². The Bertz CT molecular complexity index is 1000. The third-order valence-corrected chi connectivity index (χ3v) is 6.54. The second kappa shape index (κ2) is 8.13. The largest absolute Gasteiger partial charge is 0.416 e. The maximum Gasteiger partial charge on any atom is 0.416 e. The summed E-state index contributed by atoms with van der Waals surface area (Å²) in [6.45, 7) is 1.91. The fourth-order valence-electron chi connectivity index (χ4n) is 2.95. The zero-order chi connectivity index (χ0) is 21.2. The highest BCUT2D eigenvalue weighted by Crippen LogP contribution is 2.30. The molecule has 0 atom stereocenters. The molecule has 0 aromatic heterocycles. The number of carbonyl (C=O) groups excluding carboxylic acids is 1. The van der Waals surface area contributed by atoms with Crippen molar-refractivity contribution in [2.45, 2.75) is 11.1 Å². The Morgan fingerprint density at radius 3 is 2.31 bits per heavy atom. The van der Waals surface area contributed by atoms with Gasteiger partial charge in [-0.15, -0.1) is 0 Å². The molecule has 1 N–H and O–H groups in total. The van der Waals surface area contributed by atoms with Gasteiger partial charge < -0.3 is 10.2 Å². The predicted molar refractivity (Wildman–Crippen MR) is 102 cm³/mol. The Morgan fingerprint density at radius 1 is 1.00 bits per heavy atom. The van der Waals surface area contributed by atoms with Gasteiger partial charge in [0.1, 0.15) is 0 Å². The van der Waals surface area contributed by atoms with Crippen molar-refractivity contribution in [1.29, 1.82) is 0 Å². The van der Waals surface area contributed by atoms with Crippen LogP contribution < -0.4 is 5.32 Å². The van der Waals surface area contributed by atoms with E-state index in [0.29, 0.717) is 26.2 Å². The van der Waals surface area contributed by atoms with E-state index in [4.69, 9.17) is 0 Å². The molecule has 0 saturated carbocycles. The maximum absolute atomic E-state index is 12.8. The minimum absolute atomic E-state index is 0.0289. The van der Waals surface area contributed by atoms with Crippen molar-refractivity contribution in [2.24, 2.45) is 0 Å². The minimum Gasteiger partial charge on any atom is -0.322 e. The van der Waals surface area contributed by atoms with Gasteiger partial charge in [0.2, 0.25) is 10.0 Å². The third kappa shape index (κ3) is 4.95. The Hall–Kier alpha value is -2.43. The number of nitrogens with zero attached hydrogens (tertiary/aromatic N) is 2. The van der Waals surface area contributed by atoms with E-state index in [1.165, 1.54) is 40.7 Å². The monoisotopic (exact) mass is 427 g/mol. The molecule has 0 spiro atoms. The lowest BCUT2D eigenvalue weighted by atomic mass is 10.1. The smallest absolute Gasteiger partial charge is 0.322 e. The van der Waals surface area contributed by atoms with Gasteiger partial charge in [0.15, 0.2) is 0 Å². The molecule has 2 aromatic carbocycles. The quantitative estimate of drug-likeness (QED) is 0.815. The molecule has 0 aliphatic carbocycles. The standard InChI is InChI=1S/C19H20F3N3O3S/c1-24-8-10-25(11-9-24)29(27,28)17-7-2-4-14(12-17)18(26)23-16-6-3-5-15(13-16)19(20,21)22/h2-7,12-13H,8-11H2,1H3,(H,23,26). The SMILES string of the molecule is CN1CCN(S(=O)(=O)c2cccc(C(=O)Nc3cccc(C(F)(F)F)c3)c2)CC1. The number of benzene rings is 2. The number of carbonyl (C=O) groups is 1. The van der Waals surface area contributed by atoms with Gasteiger partial charge in [-0.3, -0.25) is 4.79 Å². The number of amides is 1. The van der Waals surface area contributed by atoms with Crippen LogP contribution in [0.3, 0.4) is 0 Å². The zero-order valence-corrected chi connectivity index (χ0v) is 16.4. The van der Waals surface area contributed by atoms with Crippen molar-refractivity contribution in [2.75, 3.05) is 38.5 Å². The van der Waals surface area contributed by atoms with Crippen LogP contribution in [-0.4, -0.2) is 56.8 Å². The van der Waals surface area contributed by atoms with Crippen LogP contribution in [0.4, 0.5) is 18.9 Å². The van der Waals surface area contributed by atoms with Crippen molar-refractivity contribution < 1.29 is 26.4 Å². The normalized spacial score (nSPS) is 16.6. The van der Waals surface area contributed by atoms with E-state index in [9.17, 15) is 26.4 Å². The number of rotatable bonds is 4. The summed E-state index contributed by atoms with van der Waals surface area (Å²) in [7, 11) is -1.86. The Kier molecular flexibility index (Phi) is 5.97. The molecule has 1 saturated heterocycles. The van der Waals surface area contributed by atoms with E-state index in [-0.39, 0.29) is 16.1 Å². The number of piperazine rings is 1. The first kappa shape index (κ1) is 21.3. The molecule has 156 valence electrons. The van der Waals surface area contributed by atoms with Crippen LogP contribution in [-0.2, 0) is 16.2 Å². The molecule has 29 heavy (non-hydrogen) atoms. The van der Waals surface area contributed by atoms with Crippen LogP contribution in [0.1, 0.15) is 15.9 Å². The summed E-state index contributed by atoms with van der Waals surface area (Å²) in [5.41, 5.74) is -0.878. The fraction of sp³-hybridized carbons (Fsp3) is 0.316. The van der Waals surface area contributed by atoms with Crippen LogP contribution >= 0.6 is 0 Å². The molecular weight excluding hydrogens is 407 g/mol. The van der Waals surface area contributed by atoms with Crippen LogP contribution in [0.2, 0.25) is 0 Å². The van der Waals surface area contributed by atoms with Crippen molar-refractivity contribution >= 4 is 21.6 Å². The van der Waals surface area contributed by atoms with Crippen molar-refractivity contribution in [3.05, 3.63) is 59.7 Å². The molecule has 1 aliphatic heterocycles. The molecule has 0 bridgehead atoms. The zero-order valence-electron chi connectivity index (χ0n) is 15.6. The van der Waals surface area contributed by atoms with Gasteiger partial charge in [-0.1, -0.05) is 12.1 Å². The fourth-order valence-corrected chi connectivity index (χ4v) is 4.42. The average Bonchev–Trinajstić information content (AvgIpc) is 2.68. The summed E-state index contributed by atoms with van der Waals surface area (Å²) in [5, 5.41) is 2.38. The summed E-state index contributed by atoms with van der Waals surface area (Å²) < 4.78 is 65.5.